The highest BCUT2D eigenvalue weighted by Gasteiger charge is 2.16. The number of hydrogen-bond acceptors (Lipinski definition) is 3. The molecule has 0 aliphatic carbocycles. The van der Waals surface area contributed by atoms with E-state index in [1.807, 2.05) is 23.5 Å². The zero-order valence-corrected chi connectivity index (χ0v) is 21.9. The highest BCUT2D eigenvalue weighted by Crippen LogP contribution is 2.41. The average molecular weight is 518 g/mol. The summed E-state index contributed by atoms with van der Waals surface area (Å²) in [6.07, 6.45) is 0. The molecule has 6 aromatic carbocycles. The third-order valence-corrected chi connectivity index (χ3v) is 8.60. The maximum atomic E-state index is 6.25. The molecule has 8 rings (SSSR count). The van der Waals surface area contributed by atoms with E-state index in [4.69, 9.17) is 4.42 Å². The number of benzene rings is 6. The molecule has 0 aliphatic heterocycles. The van der Waals surface area contributed by atoms with Gasteiger partial charge in [-0.2, -0.15) is 0 Å². The van der Waals surface area contributed by atoms with Gasteiger partial charge in [-0.1, -0.05) is 72.8 Å². The number of hydrogen-bond donors (Lipinski definition) is 0. The summed E-state index contributed by atoms with van der Waals surface area (Å²) in [4.78, 5) is 2.30. The summed E-state index contributed by atoms with van der Waals surface area (Å²) >= 11 is 1.85. The van der Waals surface area contributed by atoms with Crippen molar-refractivity contribution in [1.82, 2.24) is 0 Å². The molecule has 0 radical (unpaired) electrons. The van der Waals surface area contributed by atoms with Crippen LogP contribution in [-0.4, -0.2) is 0 Å². The normalized spacial score (nSPS) is 11.6. The lowest BCUT2D eigenvalue weighted by atomic mass is 10.0. The van der Waals surface area contributed by atoms with Crippen LogP contribution in [0.15, 0.2) is 144 Å². The summed E-state index contributed by atoms with van der Waals surface area (Å²) in [6.45, 7) is 0. The van der Waals surface area contributed by atoms with Crippen LogP contribution < -0.4 is 4.90 Å². The quantitative estimate of drug-likeness (QED) is 0.231. The van der Waals surface area contributed by atoms with E-state index in [1.54, 1.807) is 0 Å². The van der Waals surface area contributed by atoms with Crippen molar-refractivity contribution < 1.29 is 4.42 Å². The lowest BCUT2D eigenvalue weighted by molar-refractivity contribution is 0.669. The Kier molecular flexibility index (Phi) is 5.04. The van der Waals surface area contributed by atoms with Crippen LogP contribution in [0.2, 0.25) is 0 Å². The molecular formula is C36H23NOS. The average Bonchev–Trinajstić information content (AvgIpc) is 3.55. The fourth-order valence-corrected chi connectivity index (χ4v) is 6.69. The van der Waals surface area contributed by atoms with Crippen molar-refractivity contribution >= 4 is 70.5 Å². The van der Waals surface area contributed by atoms with Gasteiger partial charge in [-0.3, -0.25) is 0 Å². The Bertz CT molecular complexity index is 2140. The van der Waals surface area contributed by atoms with Crippen molar-refractivity contribution in [3.05, 3.63) is 140 Å². The molecule has 2 aromatic heterocycles. The van der Waals surface area contributed by atoms with E-state index in [-0.39, 0.29) is 0 Å². The number of rotatable bonds is 4. The van der Waals surface area contributed by atoms with Gasteiger partial charge in [0.15, 0.2) is 0 Å². The summed E-state index contributed by atoms with van der Waals surface area (Å²) in [5.41, 5.74) is 7.47. The number of furan rings is 1. The number of anilines is 3. The first-order chi connectivity index (χ1) is 19.3. The Balaban J connectivity index is 1.28. The van der Waals surface area contributed by atoms with Gasteiger partial charge in [0, 0.05) is 54.1 Å². The lowest BCUT2D eigenvalue weighted by Crippen LogP contribution is -2.09. The highest BCUT2D eigenvalue weighted by atomic mass is 32.1. The van der Waals surface area contributed by atoms with Crippen LogP contribution in [-0.2, 0) is 0 Å². The van der Waals surface area contributed by atoms with Gasteiger partial charge in [0.2, 0.25) is 0 Å². The molecule has 3 heteroatoms. The minimum absolute atomic E-state index is 0.889. The molecule has 2 nitrogen and oxygen atoms in total. The summed E-state index contributed by atoms with van der Waals surface area (Å²) in [6, 6.07) is 49.6. The first-order valence-electron chi connectivity index (χ1n) is 13.1. The monoisotopic (exact) mass is 517 g/mol. The standard InChI is InChI=1S/C36H23NOS/c1-2-10-26(11-3-1)37(28-18-19-30-29-13-4-6-15-33(29)38-34(30)23-28)27-12-8-9-24(21-27)25-17-20-36-32(22-25)31-14-5-7-16-35(31)39-36/h1-23H. The molecule has 0 amide bonds. The summed E-state index contributed by atoms with van der Waals surface area (Å²) in [5.74, 6) is 0. The minimum atomic E-state index is 0.889. The first kappa shape index (κ1) is 22.2. The van der Waals surface area contributed by atoms with Gasteiger partial charge in [-0.25, -0.2) is 0 Å². The fraction of sp³-hybridized carbons (Fsp3) is 0. The first-order valence-corrected chi connectivity index (χ1v) is 13.9. The maximum Gasteiger partial charge on any atom is 0.137 e. The van der Waals surface area contributed by atoms with Gasteiger partial charge < -0.3 is 9.32 Å². The second kappa shape index (κ2) is 8.87. The Morgan fingerprint density at radius 2 is 1.10 bits per heavy atom. The smallest absolute Gasteiger partial charge is 0.137 e. The zero-order valence-electron chi connectivity index (χ0n) is 21.0. The number of nitrogens with zero attached hydrogens (tertiary/aromatic N) is 1. The highest BCUT2D eigenvalue weighted by molar-refractivity contribution is 7.25. The number of thiophene rings is 1. The predicted molar refractivity (Wildman–Crippen MR) is 167 cm³/mol. The molecule has 0 N–H and O–H groups in total. The zero-order chi connectivity index (χ0) is 25.8. The van der Waals surface area contributed by atoms with E-state index in [1.165, 1.54) is 31.3 Å². The molecule has 0 bridgehead atoms. The van der Waals surface area contributed by atoms with E-state index in [0.717, 1.165) is 39.0 Å². The molecule has 0 spiro atoms. The van der Waals surface area contributed by atoms with Crippen molar-refractivity contribution in [3.8, 4) is 11.1 Å². The van der Waals surface area contributed by atoms with E-state index in [9.17, 15) is 0 Å². The van der Waals surface area contributed by atoms with Gasteiger partial charge in [0.1, 0.15) is 11.2 Å². The van der Waals surface area contributed by atoms with Gasteiger partial charge in [0.25, 0.3) is 0 Å². The van der Waals surface area contributed by atoms with Crippen molar-refractivity contribution in [2.24, 2.45) is 0 Å². The second-order valence-electron chi connectivity index (χ2n) is 9.81. The third kappa shape index (κ3) is 3.70. The fourth-order valence-electron chi connectivity index (χ4n) is 5.61. The van der Waals surface area contributed by atoms with E-state index < -0.39 is 0 Å². The maximum absolute atomic E-state index is 6.25. The number of fused-ring (bicyclic) bond motifs is 6. The Morgan fingerprint density at radius 1 is 0.410 bits per heavy atom. The van der Waals surface area contributed by atoms with Crippen molar-refractivity contribution in [3.63, 3.8) is 0 Å². The largest absolute Gasteiger partial charge is 0.456 e. The second-order valence-corrected chi connectivity index (χ2v) is 10.9. The molecule has 0 aliphatic rings. The molecule has 184 valence electrons. The molecule has 0 unspecified atom stereocenters. The Hall–Kier alpha value is -4.86. The van der Waals surface area contributed by atoms with Gasteiger partial charge in [-0.15, -0.1) is 11.3 Å². The van der Waals surface area contributed by atoms with Crippen LogP contribution in [0.5, 0.6) is 0 Å². The van der Waals surface area contributed by atoms with Crippen molar-refractivity contribution in [1.29, 1.82) is 0 Å². The van der Waals surface area contributed by atoms with E-state index in [0.29, 0.717) is 0 Å². The Morgan fingerprint density at radius 3 is 2.03 bits per heavy atom. The minimum Gasteiger partial charge on any atom is -0.456 e. The molecule has 0 saturated heterocycles. The van der Waals surface area contributed by atoms with E-state index >= 15 is 0 Å². The lowest BCUT2D eigenvalue weighted by Gasteiger charge is -2.26. The van der Waals surface area contributed by atoms with Gasteiger partial charge >= 0.3 is 0 Å². The van der Waals surface area contributed by atoms with Gasteiger partial charge in [-0.05, 0) is 71.8 Å². The summed E-state index contributed by atoms with van der Waals surface area (Å²) < 4.78 is 8.90. The molecule has 2 heterocycles. The van der Waals surface area contributed by atoms with Crippen LogP contribution in [0.3, 0.4) is 0 Å². The summed E-state index contributed by atoms with van der Waals surface area (Å²) in [7, 11) is 0. The van der Waals surface area contributed by atoms with Crippen LogP contribution in [0.4, 0.5) is 17.1 Å². The summed E-state index contributed by atoms with van der Waals surface area (Å²) in [5, 5.41) is 4.91. The van der Waals surface area contributed by atoms with Crippen molar-refractivity contribution in [2.75, 3.05) is 4.90 Å². The SMILES string of the molecule is c1ccc(N(c2cccc(-c3ccc4sc5ccccc5c4c3)c2)c2ccc3c(c2)oc2ccccc23)cc1. The van der Waals surface area contributed by atoms with Crippen LogP contribution in [0.25, 0.3) is 53.2 Å². The third-order valence-electron chi connectivity index (χ3n) is 7.45. The molecule has 0 fully saturated rings. The van der Waals surface area contributed by atoms with Crippen LogP contribution in [0.1, 0.15) is 0 Å². The van der Waals surface area contributed by atoms with Crippen LogP contribution >= 0.6 is 11.3 Å². The molecular weight excluding hydrogens is 494 g/mol. The molecule has 8 aromatic rings. The Labute approximate surface area is 230 Å². The topological polar surface area (TPSA) is 16.4 Å². The van der Waals surface area contributed by atoms with E-state index in [2.05, 4.69) is 132 Å². The van der Waals surface area contributed by atoms with Gasteiger partial charge in [0.05, 0.1) is 0 Å². The molecule has 0 atom stereocenters. The van der Waals surface area contributed by atoms with Crippen molar-refractivity contribution in [2.45, 2.75) is 0 Å². The molecule has 0 saturated carbocycles. The molecule has 39 heavy (non-hydrogen) atoms. The van der Waals surface area contributed by atoms with Crippen LogP contribution in [0, 0.1) is 0 Å². The number of para-hydroxylation sites is 2. The predicted octanol–water partition coefficient (Wildman–Crippen LogP) is 11.1.